The van der Waals surface area contributed by atoms with E-state index in [2.05, 4.69) is 37.4 Å². The molecule has 104 valence electrons. The van der Waals surface area contributed by atoms with Crippen LogP contribution in [0.15, 0.2) is 18.2 Å². The fourth-order valence-electron chi connectivity index (χ4n) is 3.69. The van der Waals surface area contributed by atoms with Gasteiger partial charge in [0.15, 0.2) is 0 Å². The van der Waals surface area contributed by atoms with Crippen molar-refractivity contribution in [3.8, 4) is 5.75 Å². The highest BCUT2D eigenvalue weighted by molar-refractivity contribution is 5.42. The van der Waals surface area contributed by atoms with Crippen LogP contribution < -0.4 is 10.1 Å². The first-order valence-corrected chi connectivity index (χ1v) is 7.81. The maximum atomic E-state index is 6.42. The highest BCUT2D eigenvalue weighted by Gasteiger charge is 2.42. The number of rotatable bonds is 3. The first-order chi connectivity index (χ1) is 9.26. The average molecular weight is 259 g/mol. The molecule has 1 saturated carbocycles. The van der Waals surface area contributed by atoms with Gasteiger partial charge in [0.2, 0.25) is 0 Å². The van der Waals surface area contributed by atoms with E-state index < -0.39 is 0 Å². The molecule has 1 aliphatic carbocycles. The largest absolute Gasteiger partial charge is 0.487 e. The van der Waals surface area contributed by atoms with Gasteiger partial charge in [0.25, 0.3) is 0 Å². The molecule has 1 unspecified atom stereocenters. The molecule has 1 heterocycles. The molecule has 2 heteroatoms. The molecule has 1 aromatic carbocycles. The molecule has 1 aromatic rings. The van der Waals surface area contributed by atoms with Gasteiger partial charge in [0, 0.05) is 18.0 Å². The number of benzene rings is 1. The van der Waals surface area contributed by atoms with Gasteiger partial charge in [-0.15, -0.1) is 0 Å². The lowest BCUT2D eigenvalue weighted by molar-refractivity contribution is 0.0370. The van der Waals surface area contributed by atoms with Crippen LogP contribution in [0.4, 0.5) is 0 Å². The Labute approximate surface area is 116 Å². The lowest BCUT2D eigenvalue weighted by Gasteiger charge is -2.40. The van der Waals surface area contributed by atoms with E-state index in [1.54, 1.807) is 0 Å². The topological polar surface area (TPSA) is 21.3 Å². The van der Waals surface area contributed by atoms with E-state index in [1.807, 2.05) is 0 Å². The van der Waals surface area contributed by atoms with Gasteiger partial charge in [-0.3, -0.25) is 0 Å². The van der Waals surface area contributed by atoms with Crippen LogP contribution in [-0.4, -0.2) is 12.1 Å². The van der Waals surface area contributed by atoms with E-state index >= 15 is 0 Å². The lowest BCUT2D eigenvalue weighted by Crippen LogP contribution is -2.42. The van der Waals surface area contributed by atoms with Crippen molar-refractivity contribution < 1.29 is 4.74 Å². The zero-order valence-corrected chi connectivity index (χ0v) is 12.2. The summed E-state index contributed by atoms with van der Waals surface area (Å²) < 4.78 is 6.42. The Morgan fingerprint density at radius 2 is 2.05 bits per heavy atom. The Hall–Kier alpha value is -1.02. The second-order valence-corrected chi connectivity index (χ2v) is 6.03. The zero-order chi connectivity index (χ0) is 13.3. The Balaban J connectivity index is 1.96. The fraction of sp³-hybridized carbons (Fsp3) is 0.647. The molecule has 3 rings (SSSR count). The van der Waals surface area contributed by atoms with Crippen LogP contribution in [0.25, 0.3) is 0 Å². The van der Waals surface area contributed by atoms with Gasteiger partial charge in [0.1, 0.15) is 11.4 Å². The number of fused-ring (bicyclic) bond motifs is 1. The Morgan fingerprint density at radius 1 is 1.26 bits per heavy atom. The molecule has 1 N–H and O–H groups in total. The van der Waals surface area contributed by atoms with Crippen LogP contribution in [0.3, 0.4) is 0 Å². The minimum Gasteiger partial charge on any atom is -0.487 e. The van der Waals surface area contributed by atoms with Crippen molar-refractivity contribution in [3.63, 3.8) is 0 Å². The number of hydrogen-bond acceptors (Lipinski definition) is 2. The molecular formula is C17H25NO. The Bertz CT molecular complexity index is 449. The van der Waals surface area contributed by atoms with E-state index in [4.69, 9.17) is 4.74 Å². The summed E-state index contributed by atoms with van der Waals surface area (Å²) in [6.45, 7) is 5.43. The third-order valence-electron chi connectivity index (χ3n) is 4.73. The quantitative estimate of drug-likeness (QED) is 0.886. The van der Waals surface area contributed by atoms with Gasteiger partial charge in [-0.1, -0.05) is 26.0 Å². The van der Waals surface area contributed by atoms with E-state index in [9.17, 15) is 0 Å². The number of hydrogen-bond donors (Lipinski definition) is 1. The molecule has 1 fully saturated rings. The van der Waals surface area contributed by atoms with E-state index in [0.717, 1.165) is 25.1 Å². The van der Waals surface area contributed by atoms with Crippen LogP contribution in [0, 0.1) is 0 Å². The van der Waals surface area contributed by atoms with Crippen molar-refractivity contribution in [1.82, 2.24) is 5.32 Å². The van der Waals surface area contributed by atoms with E-state index in [-0.39, 0.29) is 5.60 Å². The minimum absolute atomic E-state index is 0.119. The predicted molar refractivity (Wildman–Crippen MR) is 78.7 cm³/mol. The highest BCUT2D eigenvalue weighted by atomic mass is 16.5. The summed E-state index contributed by atoms with van der Waals surface area (Å²) in [5.41, 5.74) is 2.90. The number of aryl methyl sites for hydroxylation is 1. The summed E-state index contributed by atoms with van der Waals surface area (Å²) in [6, 6.07) is 7.22. The highest BCUT2D eigenvalue weighted by Crippen LogP contribution is 2.47. The SMILES string of the molecule is CCNC1CC2(CCCC2)Oc2ccc(CC)cc21. The van der Waals surface area contributed by atoms with Crippen LogP contribution in [-0.2, 0) is 6.42 Å². The van der Waals surface area contributed by atoms with Crippen LogP contribution in [0.1, 0.15) is 63.1 Å². The molecule has 19 heavy (non-hydrogen) atoms. The molecule has 1 atom stereocenters. The third kappa shape index (κ3) is 2.38. The van der Waals surface area contributed by atoms with Gasteiger partial charge in [-0.05, 0) is 50.3 Å². The number of nitrogens with one attached hydrogen (secondary N) is 1. The van der Waals surface area contributed by atoms with E-state index in [0.29, 0.717) is 6.04 Å². The molecule has 1 spiro atoms. The zero-order valence-electron chi connectivity index (χ0n) is 12.2. The van der Waals surface area contributed by atoms with Crippen LogP contribution in [0.2, 0.25) is 0 Å². The van der Waals surface area contributed by atoms with Crippen molar-refractivity contribution in [1.29, 1.82) is 0 Å². The molecule has 0 amide bonds. The van der Waals surface area contributed by atoms with Crippen molar-refractivity contribution >= 4 is 0 Å². The van der Waals surface area contributed by atoms with Gasteiger partial charge < -0.3 is 10.1 Å². The molecule has 0 radical (unpaired) electrons. The summed E-state index contributed by atoms with van der Waals surface area (Å²) in [7, 11) is 0. The average Bonchev–Trinajstić information content (AvgIpc) is 2.86. The van der Waals surface area contributed by atoms with Crippen molar-refractivity contribution in [2.75, 3.05) is 6.54 Å². The summed E-state index contributed by atoms with van der Waals surface area (Å²) >= 11 is 0. The summed E-state index contributed by atoms with van der Waals surface area (Å²) in [5, 5.41) is 3.66. The lowest BCUT2D eigenvalue weighted by atomic mass is 9.85. The third-order valence-corrected chi connectivity index (χ3v) is 4.73. The molecule has 2 aliphatic rings. The molecule has 0 saturated heterocycles. The molecular weight excluding hydrogens is 234 g/mol. The monoisotopic (exact) mass is 259 g/mol. The minimum atomic E-state index is 0.119. The molecule has 0 bridgehead atoms. The standard InChI is InChI=1S/C17H25NO/c1-3-13-7-8-16-14(11-13)15(18-4-2)12-17(19-16)9-5-6-10-17/h7-8,11,15,18H,3-6,9-10,12H2,1-2H3. The molecule has 2 nitrogen and oxygen atoms in total. The maximum Gasteiger partial charge on any atom is 0.124 e. The van der Waals surface area contributed by atoms with E-state index in [1.165, 1.54) is 36.8 Å². The Kier molecular flexibility index (Phi) is 3.53. The smallest absolute Gasteiger partial charge is 0.124 e. The molecule has 0 aromatic heterocycles. The van der Waals surface area contributed by atoms with Gasteiger partial charge in [0.05, 0.1) is 0 Å². The first-order valence-electron chi connectivity index (χ1n) is 7.81. The fourth-order valence-corrected chi connectivity index (χ4v) is 3.69. The second-order valence-electron chi connectivity index (χ2n) is 6.03. The first kappa shape index (κ1) is 13.0. The van der Waals surface area contributed by atoms with Crippen LogP contribution >= 0.6 is 0 Å². The predicted octanol–water partition coefficient (Wildman–Crippen LogP) is 3.99. The molecule has 1 aliphatic heterocycles. The van der Waals surface area contributed by atoms with Gasteiger partial charge >= 0.3 is 0 Å². The van der Waals surface area contributed by atoms with Crippen molar-refractivity contribution in [2.24, 2.45) is 0 Å². The summed E-state index contributed by atoms with van der Waals surface area (Å²) in [5.74, 6) is 1.12. The van der Waals surface area contributed by atoms with Gasteiger partial charge in [-0.2, -0.15) is 0 Å². The van der Waals surface area contributed by atoms with Crippen molar-refractivity contribution in [2.45, 2.75) is 64.0 Å². The number of ether oxygens (including phenoxy) is 1. The van der Waals surface area contributed by atoms with Crippen molar-refractivity contribution in [3.05, 3.63) is 29.3 Å². The summed E-state index contributed by atoms with van der Waals surface area (Å²) in [4.78, 5) is 0. The second kappa shape index (κ2) is 5.16. The maximum absolute atomic E-state index is 6.42. The van der Waals surface area contributed by atoms with Crippen LogP contribution in [0.5, 0.6) is 5.75 Å². The summed E-state index contributed by atoms with van der Waals surface area (Å²) in [6.07, 6.45) is 7.33. The Morgan fingerprint density at radius 3 is 2.74 bits per heavy atom. The van der Waals surface area contributed by atoms with Gasteiger partial charge in [-0.25, -0.2) is 0 Å². The normalized spacial score (nSPS) is 24.2.